The summed E-state index contributed by atoms with van der Waals surface area (Å²) in [6, 6.07) is 2.11. The minimum Gasteiger partial charge on any atom is -0.395 e. The average Bonchev–Trinajstić information content (AvgIpc) is 2.29. The van der Waals surface area contributed by atoms with Gasteiger partial charge in [-0.15, -0.1) is 0 Å². The Balaban J connectivity index is 2.83. The predicted octanol–water partition coefficient (Wildman–Crippen LogP) is 2.43. The quantitative estimate of drug-likeness (QED) is 0.830. The number of thioether (sulfide) groups is 1. The first-order valence-corrected chi connectivity index (χ1v) is 7.52. The van der Waals surface area contributed by atoms with E-state index in [1.165, 1.54) is 0 Å². The highest BCUT2D eigenvalue weighted by atomic mass is 32.2. The molecule has 2 unspecified atom stereocenters. The van der Waals surface area contributed by atoms with E-state index < -0.39 is 0 Å². The van der Waals surface area contributed by atoms with E-state index in [0.717, 1.165) is 17.3 Å². The molecule has 0 aromatic carbocycles. The topological polar surface area (TPSA) is 58.0 Å². The van der Waals surface area contributed by atoms with Crippen molar-refractivity contribution < 1.29 is 5.11 Å². The summed E-state index contributed by atoms with van der Waals surface area (Å²) in [5, 5.41) is 12.8. The van der Waals surface area contributed by atoms with Crippen LogP contribution in [0.15, 0.2) is 6.07 Å². The molecule has 0 amide bonds. The number of anilines is 1. The van der Waals surface area contributed by atoms with Gasteiger partial charge in [0.15, 0.2) is 0 Å². The Labute approximate surface area is 114 Å². The van der Waals surface area contributed by atoms with Crippen molar-refractivity contribution in [1.29, 1.82) is 0 Å². The first-order valence-electron chi connectivity index (χ1n) is 6.23. The van der Waals surface area contributed by atoms with Crippen LogP contribution in [-0.4, -0.2) is 39.2 Å². The first kappa shape index (κ1) is 15.2. The van der Waals surface area contributed by atoms with Gasteiger partial charge in [-0.1, -0.05) is 13.8 Å². The fourth-order valence-electron chi connectivity index (χ4n) is 1.69. The number of nitrogens with one attached hydrogen (secondary N) is 1. The van der Waals surface area contributed by atoms with Gasteiger partial charge >= 0.3 is 0 Å². The van der Waals surface area contributed by atoms with Crippen LogP contribution in [-0.2, 0) is 0 Å². The lowest BCUT2D eigenvalue weighted by Crippen LogP contribution is -2.31. The Morgan fingerprint density at radius 1 is 1.33 bits per heavy atom. The van der Waals surface area contributed by atoms with E-state index >= 15 is 0 Å². The van der Waals surface area contributed by atoms with Crippen molar-refractivity contribution >= 4 is 17.6 Å². The monoisotopic (exact) mass is 269 g/mol. The second-order valence-electron chi connectivity index (χ2n) is 4.80. The van der Waals surface area contributed by atoms with Crippen LogP contribution < -0.4 is 5.32 Å². The normalized spacial score (nSPS) is 14.6. The number of rotatable bonds is 6. The zero-order valence-corrected chi connectivity index (χ0v) is 12.6. The van der Waals surface area contributed by atoms with Crippen molar-refractivity contribution in [3.63, 3.8) is 0 Å². The number of hydrogen-bond acceptors (Lipinski definition) is 5. The third kappa shape index (κ3) is 4.14. The van der Waals surface area contributed by atoms with Gasteiger partial charge in [-0.3, -0.25) is 0 Å². The van der Waals surface area contributed by atoms with E-state index in [1.807, 2.05) is 19.2 Å². The lowest BCUT2D eigenvalue weighted by Gasteiger charge is -2.22. The zero-order chi connectivity index (χ0) is 13.7. The molecule has 18 heavy (non-hydrogen) atoms. The molecule has 0 bridgehead atoms. The maximum atomic E-state index is 9.28. The Hall–Kier alpha value is -0.810. The highest BCUT2D eigenvalue weighted by Crippen LogP contribution is 2.17. The Bertz CT molecular complexity index is 380. The van der Waals surface area contributed by atoms with Crippen molar-refractivity contribution in [1.82, 2.24) is 9.97 Å². The van der Waals surface area contributed by atoms with E-state index in [9.17, 15) is 5.11 Å². The molecule has 102 valence electrons. The summed E-state index contributed by atoms with van der Waals surface area (Å²) < 4.78 is 0. The molecule has 0 radical (unpaired) electrons. The van der Waals surface area contributed by atoms with Crippen LogP contribution in [0.3, 0.4) is 0 Å². The van der Waals surface area contributed by atoms with E-state index in [4.69, 9.17) is 0 Å². The van der Waals surface area contributed by atoms with E-state index in [-0.39, 0.29) is 17.9 Å². The van der Waals surface area contributed by atoms with Gasteiger partial charge in [-0.25, -0.2) is 9.97 Å². The molecule has 4 nitrogen and oxygen atoms in total. The zero-order valence-electron chi connectivity index (χ0n) is 11.8. The fraction of sp³-hybridized carbons (Fsp3) is 0.692. The van der Waals surface area contributed by atoms with Crippen molar-refractivity contribution in [2.24, 2.45) is 0 Å². The van der Waals surface area contributed by atoms with Gasteiger partial charge in [0.25, 0.3) is 0 Å². The number of aromatic nitrogens is 2. The standard InChI is InChI=1S/C13H23N3OS/c1-8(2)13-14-9(3)6-12(16-13)15-10(4)11(7-17)18-5/h6,8,10-11,17H,7H2,1-5H3,(H,14,15,16). The summed E-state index contributed by atoms with van der Waals surface area (Å²) in [5.74, 6) is 2.01. The summed E-state index contributed by atoms with van der Waals surface area (Å²) in [6.45, 7) is 8.36. The van der Waals surface area contributed by atoms with Crippen LogP contribution in [0.2, 0.25) is 0 Å². The molecule has 1 heterocycles. The van der Waals surface area contributed by atoms with Gasteiger partial charge in [0.05, 0.1) is 6.61 Å². The van der Waals surface area contributed by atoms with E-state index in [0.29, 0.717) is 5.92 Å². The average molecular weight is 269 g/mol. The molecular formula is C13H23N3OS. The number of hydrogen-bond donors (Lipinski definition) is 2. The molecular weight excluding hydrogens is 246 g/mol. The molecule has 0 aliphatic rings. The van der Waals surface area contributed by atoms with Gasteiger partial charge in [0, 0.05) is 29.0 Å². The summed E-state index contributed by atoms with van der Waals surface area (Å²) in [7, 11) is 0. The minimum absolute atomic E-state index is 0.163. The lowest BCUT2D eigenvalue weighted by molar-refractivity contribution is 0.288. The van der Waals surface area contributed by atoms with Crippen LogP contribution in [0.25, 0.3) is 0 Å². The molecule has 0 saturated carbocycles. The summed E-state index contributed by atoms with van der Waals surface area (Å²) in [4.78, 5) is 8.93. The Kier molecular flexibility index (Phi) is 5.88. The van der Waals surface area contributed by atoms with Crippen LogP contribution >= 0.6 is 11.8 Å². The molecule has 2 N–H and O–H groups in total. The molecule has 0 fully saturated rings. The summed E-state index contributed by atoms with van der Waals surface area (Å²) >= 11 is 1.66. The molecule has 0 aliphatic carbocycles. The largest absolute Gasteiger partial charge is 0.395 e. The van der Waals surface area contributed by atoms with Crippen molar-refractivity contribution in [3.8, 4) is 0 Å². The van der Waals surface area contributed by atoms with Crippen LogP contribution in [0, 0.1) is 6.92 Å². The molecule has 0 aliphatic heterocycles. The third-order valence-corrected chi connectivity index (χ3v) is 3.97. The summed E-state index contributed by atoms with van der Waals surface area (Å²) in [6.07, 6.45) is 2.00. The van der Waals surface area contributed by atoms with Crippen LogP contribution in [0.4, 0.5) is 5.82 Å². The predicted molar refractivity (Wildman–Crippen MR) is 78.3 cm³/mol. The van der Waals surface area contributed by atoms with Gasteiger partial charge in [0.1, 0.15) is 11.6 Å². The van der Waals surface area contributed by atoms with Gasteiger partial charge in [0.2, 0.25) is 0 Å². The maximum absolute atomic E-state index is 9.28. The highest BCUT2D eigenvalue weighted by Gasteiger charge is 2.16. The number of aryl methyl sites for hydroxylation is 1. The molecule has 5 heteroatoms. The summed E-state index contributed by atoms with van der Waals surface area (Å²) in [5.41, 5.74) is 0.966. The highest BCUT2D eigenvalue weighted by molar-refractivity contribution is 7.99. The Morgan fingerprint density at radius 3 is 2.50 bits per heavy atom. The second kappa shape index (κ2) is 6.95. The molecule has 1 rings (SSSR count). The van der Waals surface area contributed by atoms with Crippen molar-refractivity contribution in [3.05, 3.63) is 17.6 Å². The van der Waals surface area contributed by atoms with Crippen molar-refractivity contribution in [2.45, 2.75) is 44.9 Å². The first-order chi connectivity index (χ1) is 8.47. The minimum atomic E-state index is 0.163. The smallest absolute Gasteiger partial charge is 0.133 e. The molecule has 1 aromatic rings. The molecule has 1 aromatic heterocycles. The number of aliphatic hydroxyl groups excluding tert-OH is 1. The SMILES string of the molecule is CSC(CO)C(C)Nc1cc(C)nc(C(C)C)n1. The van der Waals surface area contributed by atoms with Crippen LogP contribution in [0.1, 0.15) is 38.2 Å². The number of aliphatic hydroxyl groups is 1. The van der Waals surface area contributed by atoms with E-state index in [1.54, 1.807) is 11.8 Å². The van der Waals surface area contributed by atoms with Gasteiger partial charge in [-0.2, -0.15) is 11.8 Å². The lowest BCUT2D eigenvalue weighted by atomic mass is 10.2. The van der Waals surface area contributed by atoms with Crippen molar-refractivity contribution in [2.75, 3.05) is 18.2 Å². The molecule has 0 spiro atoms. The number of nitrogens with zero attached hydrogens (tertiary/aromatic N) is 2. The van der Waals surface area contributed by atoms with Gasteiger partial charge in [-0.05, 0) is 20.1 Å². The maximum Gasteiger partial charge on any atom is 0.133 e. The second-order valence-corrected chi connectivity index (χ2v) is 5.87. The third-order valence-electron chi connectivity index (χ3n) is 2.80. The molecule has 0 saturated heterocycles. The van der Waals surface area contributed by atoms with Crippen LogP contribution in [0.5, 0.6) is 0 Å². The Morgan fingerprint density at radius 2 is 2.00 bits per heavy atom. The fourth-order valence-corrected chi connectivity index (χ4v) is 2.31. The molecule has 2 atom stereocenters. The van der Waals surface area contributed by atoms with E-state index in [2.05, 4.69) is 36.1 Å². The van der Waals surface area contributed by atoms with Gasteiger partial charge < -0.3 is 10.4 Å².